The monoisotopic (exact) mass is 195 g/mol. The van der Waals surface area contributed by atoms with Gasteiger partial charge in [-0.3, -0.25) is 0 Å². The van der Waals surface area contributed by atoms with E-state index in [0.29, 0.717) is 0 Å². The smallest absolute Gasteiger partial charge is 0.0406 e. The van der Waals surface area contributed by atoms with Crippen LogP contribution in [-0.2, 0) is 0 Å². The molecule has 13 heavy (non-hydrogen) atoms. The highest BCUT2D eigenvalue weighted by Gasteiger charge is 2.03. The largest absolute Gasteiger partial charge is 0.322 e. The third-order valence-electron chi connectivity index (χ3n) is 1.58. The fraction of sp³-hybridized carbons (Fsp3) is 0.273. The van der Waals surface area contributed by atoms with Gasteiger partial charge in [0.1, 0.15) is 0 Å². The third kappa shape index (κ3) is 4.11. The molecule has 1 aromatic carbocycles. The molecule has 2 N–H and O–H groups in total. The van der Waals surface area contributed by atoms with Crippen molar-refractivity contribution in [2.75, 3.05) is 0 Å². The molecule has 0 aromatic heterocycles. The Morgan fingerprint density at radius 1 is 1.23 bits per heavy atom. The second kappa shape index (κ2) is 3.95. The molecule has 0 atom stereocenters. The lowest BCUT2D eigenvalue weighted by Crippen LogP contribution is -2.28. The van der Waals surface area contributed by atoms with E-state index in [2.05, 4.69) is 0 Å². The lowest BCUT2D eigenvalue weighted by molar-refractivity contribution is 0.657. The number of nitrogens with two attached hydrogens (primary N) is 1. The van der Waals surface area contributed by atoms with Gasteiger partial charge in [0.2, 0.25) is 0 Å². The van der Waals surface area contributed by atoms with Crippen molar-refractivity contribution in [2.45, 2.75) is 19.4 Å². The van der Waals surface area contributed by atoms with E-state index >= 15 is 0 Å². The maximum absolute atomic E-state index is 5.80. The summed E-state index contributed by atoms with van der Waals surface area (Å²) in [6.45, 7) is 3.92. The second-order valence-corrected chi connectivity index (χ2v) is 4.14. The second-order valence-electron chi connectivity index (χ2n) is 3.71. The van der Waals surface area contributed by atoms with Crippen molar-refractivity contribution >= 4 is 17.7 Å². The van der Waals surface area contributed by atoms with Crippen molar-refractivity contribution in [3.05, 3.63) is 40.9 Å². The molecule has 0 radical (unpaired) electrons. The molecule has 1 nitrogen and oxygen atoms in total. The van der Waals surface area contributed by atoms with Crippen LogP contribution in [0.25, 0.3) is 6.08 Å². The summed E-state index contributed by atoms with van der Waals surface area (Å²) in [6.07, 6.45) is 3.96. The first-order chi connectivity index (χ1) is 5.97. The van der Waals surface area contributed by atoms with Crippen LogP contribution in [0.2, 0.25) is 5.02 Å². The van der Waals surface area contributed by atoms with Crippen LogP contribution in [0.4, 0.5) is 0 Å². The summed E-state index contributed by atoms with van der Waals surface area (Å²) in [7, 11) is 0. The van der Waals surface area contributed by atoms with Crippen LogP contribution in [-0.4, -0.2) is 5.54 Å². The van der Waals surface area contributed by atoms with Crippen LogP contribution in [0, 0.1) is 0 Å². The number of hydrogen-bond acceptors (Lipinski definition) is 1. The molecular weight excluding hydrogens is 182 g/mol. The van der Waals surface area contributed by atoms with E-state index < -0.39 is 0 Å². The molecule has 0 saturated carbocycles. The summed E-state index contributed by atoms with van der Waals surface area (Å²) in [4.78, 5) is 0. The minimum absolute atomic E-state index is 0.264. The highest BCUT2D eigenvalue weighted by Crippen LogP contribution is 2.11. The Hall–Kier alpha value is -0.790. The molecule has 70 valence electrons. The average molecular weight is 196 g/mol. The predicted molar refractivity (Wildman–Crippen MR) is 58.8 cm³/mol. The van der Waals surface area contributed by atoms with Gasteiger partial charge >= 0.3 is 0 Å². The predicted octanol–water partition coefficient (Wildman–Crippen LogP) is 3.09. The first-order valence-corrected chi connectivity index (χ1v) is 4.59. The van der Waals surface area contributed by atoms with E-state index in [1.807, 2.05) is 50.3 Å². The van der Waals surface area contributed by atoms with Crippen molar-refractivity contribution in [1.29, 1.82) is 0 Å². The van der Waals surface area contributed by atoms with E-state index in [4.69, 9.17) is 17.3 Å². The molecule has 0 unspecified atom stereocenters. The molecule has 1 rings (SSSR count). The van der Waals surface area contributed by atoms with E-state index in [1.54, 1.807) is 0 Å². The first kappa shape index (κ1) is 10.3. The van der Waals surface area contributed by atoms with Gasteiger partial charge in [-0.15, -0.1) is 0 Å². The van der Waals surface area contributed by atoms with Crippen LogP contribution < -0.4 is 5.73 Å². The van der Waals surface area contributed by atoms with Crippen LogP contribution >= 0.6 is 11.6 Å². The molecule has 0 aliphatic carbocycles. The quantitative estimate of drug-likeness (QED) is 0.771. The Kier molecular flexibility index (Phi) is 3.12. The van der Waals surface area contributed by atoms with Crippen molar-refractivity contribution in [3.63, 3.8) is 0 Å². The Bertz CT molecular complexity index is 293. The molecule has 1 aromatic rings. The van der Waals surface area contributed by atoms with Crippen LogP contribution in [0.1, 0.15) is 19.4 Å². The highest BCUT2D eigenvalue weighted by atomic mass is 35.5. The summed E-state index contributed by atoms with van der Waals surface area (Å²) >= 11 is 5.75. The van der Waals surface area contributed by atoms with Gasteiger partial charge in [0, 0.05) is 10.6 Å². The van der Waals surface area contributed by atoms with Gasteiger partial charge < -0.3 is 5.73 Å². The standard InChI is InChI=1S/C11H14ClN/c1-11(2,13)8-7-9-3-5-10(12)6-4-9/h3-8H,13H2,1-2H3/b8-7+. The molecule has 0 spiro atoms. The molecule has 0 aliphatic heterocycles. The zero-order chi connectivity index (χ0) is 9.90. The Labute approximate surface area is 84.2 Å². The van der Waals surface area contributed by atoms with Gasteiger partial charge in [0.25, 0.3) is 0 Å². The highest BCUT2D eigenvalue weighted by molar-refractivity contribution is 6.30. The summed E-state index contributed by atoms with van der Waals surface area (Å²) in [6, 6.07) is 7.66. The maximum atomic E-state index is 5.80. The number of benzene rings is 1. The molecular formula is C11H14ClN. The summed E-state index contributed by atoms with van der Waals surface area (Å²) < 4.78 is 0. The Morgan fingerprint density at radius 3 is 2.23 bits per heavy atom. The molecule has 2 heteroatoms. The van der Waals surface area contributed by atoms with E-state index in [9.17, 15) is 0 Å². The maximum Gasteiger partial charge on any atom is 0.0406 e. The van der Waals surface area contributed by atoms with E-state index in [1.165, 1.54) is 0 Å². The fourth-order valence-electron chi connectivity index (χ4n) is 0.885. The number of hydrogen-bond donors (Lipinski definition) is 1. The molecule has 0 aliphatic rings. The SMILES string of the molecule is CC(C)(N)/C=C/c1ccc(Cl)cc1. The average Bonchev–Trinajstić information content (AvgIpc) is 2.02. The lowest BCUT2D eigenvalue weighted by Gasteiger charge is -2.11. The van der Waals surface area contributed by atoms with Gasteiger partial charge in [-0.2, -0.15) is 0 Å². The zero-order valence-corrected chi connectivity index (χ0v) is 8.68. The molecule has 0 heterocycles. The van der Waals surface area contributed by atoms with Crippen molar-refractivity contribution in [2.24, 2.45) is 5.73 Å². The summed E-state index contributed by atoms with van der Waals surface area (Å²) in [5, 5.41) is 0.754. The minimum atomic E-state index is -0.264. The van der Waals surface area contributed by atoms with Crippen molar-refractivity contribution in [1.82, 2.24) is 0 Å². The molecule has 0 bridgehead atoms. The van der Waals surface area contributed by atoms with Crippen LogP contribution in [0.5, 0.6) is 0 Å². The van der Waals surface area contributed by atoms with Crippen molar-refractivity contribution in [3.8, 4) is 0 Å². The zero-order valence-electron chi connectivity index (χ0n) is 7.92. The van der Waals surface area contributed by atoms with E-state index in [0.717, 1.165) is 10.6 Å². The normalized spacial score (nSPS) is 12.3. The third-order valence-corrected chi connectivity index (χ3v) is 1.83. The van der Waals surface area contributed by atoms with Gasteiger partial charge in [-0.1, -0.05) is 35.9 Å². The van der Waals surface area contributed by atoms with Crippen LogP contribution in [0.3, 0.4) is 0 Å². The summed E-state index contributed by atoms with van der Waals surface area (Å²) in [5.74, 6) is 0. The van der Waals surface area contributed by atoms with Crippen LogP contribution in [0.15, 0.2) is 30.3 Å². The van der Waals surface area contributed by atoms with Gasteiger partial charge in [-0.25, -0.2) is 0 Å². The fourth-order valence-corrected chi connectivity index (χ4v) is 1.01. The van der Waals surface area contributed by atoms with Crippen molar-refractivity contribution < 1.29 is 0 Å². The number of rotatable bonds is 2. The first-order valence-electron chi connectivity index (χ1n) is 4.21. The van der Waals surface area contributed by atoms with Gasteiger partial charge in [-0.05, 0) is 31.5 Å². The van der Waals surface area contributed by atoms with E-state index in [-0.39, 0.29) is 5.54 Å². The Morgan fingerprint density at radius 2 is 1.77 bits per heavy atom. The lowest BCUT2D eigenvalue weighted by atomic mass is 10.1. The van der Waals surface area contributed by atoms with Gasteiger partial charge in [0.15, 0.2) is 0 Å². The van der Waals surface area contributed by atoms with Gasteiger partial charge in [0.05, 0.1) is 0 Å². The molecule has 0 saturated heterocycles. The summed E-state index contributed by atoms with van der Waals surface area (Å²) in [5.41, 5.74) is 6.65. The molecule has 0 fully saturated rings. The molecule has 0 amide bonds. The Balaban J connectivity index is 2.75. The topological polar surface area (TPSA) is 26.0 Å². The minimum Gasteiger partial charge on any atom is -0.322 e. The number of halogens is 1.